The number of nitrogens with zero attached hydrogens (tertiary/aromatic N) is 7. The molecule has 1 N–H and O–H groups in total. The summed E-state index contributed by atoms with van der Waals surface area (Å²) in [5, 5.41) is 7.07. The van der Waals surface area contributed by atoms with Gasteiger partial charge in [-0.15, -0.1) is 11.3 Å². The average Bonchev–Trinajstić information content (AvgIpc) is 1.56. The quantitative estimate of drug-likeness (QED) is 0.119. The summed E-state index contributed by atoms with van der Waals surface area (Å²) < 4.78 is 47.1. The SMILES string of the molecule is O=C(/C=C/c1ccccn1)N1CCC2(CC1)OCc1ccccc12.O=C(/C=C/c1ccco1)N1CCC2(CC1)OCc1ccccc12.O=C(/C=C/c1cccs1)N1CCC2(CC1)OCc1ccccc12.O=C(/C=C/c1ccoc1)N1CCC2(CC1)OCc1ccccc12.O=C(/C=C/c1ccsc1)N1CCC2(CC1)OCc1ccccc12.O=C(c1c[nH]c2ccccc12)N1CCC2(CC1)OCc1ccccc12. The van der Waals surface area contributed by atoms with Gasteiger partial charge in [0, 0.05) is 143 Å². The normalized spacial score (nSPS) is 19.2. The molecular formula is C117H116N8O14S2. The van der Waals surface area contributed by atoms with Crippen LogP contribution in [0.25, 0.3) is 41.3 Å². The van der Waals surface area contributed by atoms with E-state index in [1.165, 1.54) is 66.8 Å². The predicted molar refractivity (Wildman–Crippen MR) is 545 cm³/mol. The molecule has 6 aromatic heterocycles. The Bertz CT molecular complexity index is 6180. The number of aromatic amines is 1. The van der Waals surface area contributed by atoms with Crippen LogP contribution in [0.5, 0.6) is 0 Å². The first-order valence-electron chi connectivity index (χ1n) is 49.2. The highest BCUT2D eigenvalue weighted by atomic mass is 32.1. The predicted octanol–water partition coefficient (Wildman–Crippen LogP) is 21.3. The summed E-state index contributed by atoms with van der Waals surface area (Å²) in [5.74, 6) is 1.12. The van der Waals surface area contributed by atoms with Gasteiger partial charge in [-0.2, -0.15) is 11.3 Å². The largest absolute Gasteiger partial charge is 0.472 e. The summed E-state index contributed by atoms with van der Waals surface area (Å²) in [6.45, 7) is 12.9. The van der Waals surface area contributed by atoms with E-state index in [2.05, 4.69) is 156 Å². The van der Waals surface area contributed by atoms with Crippen molar-refractivity contribution in [2.24, 2.45) is 0 Å². The lowest BCUT2D eigenvalue weighted by Gasteiger charge is -2.39. The van der Waals surface area contributed by atoms with E-state index in [1.54, 1.807) is 96.3 Å². The van der Waals surface area contributed by atoms with Crippen molar-refractivity contribution in [3.05, 3.63) is 402 Å². The van der Waals surface area contributed by atoms with E-state index >= 15 is 0 Å². The van der Waals surface area contributed by atoms with Crippen molar-refractivity contribution in [1.29, 1.82) is 0 Å². The number of amides is 6. The Balaban J connectivity index is 0.000000104. The van der Waals surface area contributed by atoms with Crippen LogP contribution in [-0.4, -0.2) is 153 Å². The molecule has 0 unspecified atom stereocenters. The molecule has 12 aliphatic heterocycles. The van der Waals surface area contributed by atoms with Crippen molar-refractivity contribution in [3.63, 3.8) is 0 Å². The smallest absolute Gasteiger partial charge is 0.256 e. The molecule has 6 fully saturated rings. The standard InChI is InChI=1S/C21H20N2O2.C20H20N2O2.2C19H19NO3.2C19H19NO2S/c24-20(17-13-22-19-8-4-2-6-16(17)19)23-11-9-21(10-12-23)18-7-3-1-5-15(18)14-25-21;23-19(9-8-17-6-3-4-12-21-17)22-13-10-20(11-14-22)18-7-2-1-5-16(18)15-24-20;21-18(8-7-16-5-3-13-22-16)20-11-9-19(10-12-20)17-6-2-1-4-15(17)14-23-19;21-18(6-5-15-7-12-22-13-15)20-10-8-19(9-11-20)17-4-2-1-3-16(17)14-23-19;21-18(8-7-16-5-3-13-23-16)20-11-9-19(10-12-20)17-6-2-1-4-15(17)14-22-19;21-18(6-5-15-7-12-23-14-15)20-10-8-19(9-11-20)17-4-2-1-3-16(17)13-22-19/h1-8,13,22H,9-12,14H2;1-9,12H,10-11,13-15H2;1-8,13H,9-12,14H2;1-7,12-13H,8-11,14H2;1-8,13H,9-12,14H2;1-7,12,14H,8-11,13H2/b;9-8+;8-7+;6-5+;8-7+;6-5+. The molecule has 7 aromatic carbocycles. The molecule has 0 aliphatic carbocycles. The Labute approximate surface area is 830 Å². The third-order valence-electron chi connectivity index (χ3n) is 30.0. The minimum absolute atomic E-state index is 0.0301. The fraction of sp³-hybridized carbons (Fsp3) is 0.308. The summed E-state index contributed by atoms with van der Waals surface area (Å²) in [7, 11) is 0. The third kappa shape index (κ3) is 21.0. The van der Waals surface area contributed by atoms with E-state index in [1.807, 2.05) is 143 Å². The molecule has 0 atom stereocenters. The molecule has 22 nitrogen and oxygen atoms in total. The van der Waals surface area contributed by atoms with Crippen molar-refractivity contribution in [2.45, 2.75) is 150 Å². The molecule has 6 amide bonds. The number of rotatable bonds is 11. The third-order valence-corrected chi connectivity index (χ3v) is 31.6. The van der Waals surface area contributed by atoms with Crippen LogP contribution in [0.2, 0.25) is 0 Å². The molecule has 18 heterocycles. The maximum Gasteiger partial charge on any atom is 0.256 e. The Kier molecular flexibility index (Phi) is 28.9. The van der Waals surface area contributed by atoms with Crippen LogP contribution in [0.4, 0.5) is 0 Å². The van der Waals surface area contributed by atoms with Crippen molar-refractivity contribution >= 4 is 99.4 Å². The molecule has 141 heavy (non-hydrogen) atoms. The molecule has 13 aromatic rings. The van der Waals surface area contributed by atoms with Crippen LogP contribution >= 0.6 is 22.7 Å². The molecule has 0 saturated carbocycles. The number of hydrogen-bond acceptors (Lipinski definition) is 17. The Morgan fingerprint density at radius 2 is 0.688 bits per heavy atom. The highest BCUT2D eigenvalue weighted by Crippen LogP contribution is 2.51. The first kappa shape index (κ1) is 95.0. The number of fused-ring (bicyclic) bond motifs is 13. The van der Waals surface area contributed by atoms with Crippen LogP contribution in [0.15, 0.2) is 311 Å². The molecule has 0 radical (unpaired) electrons. The van der Waals surface area contributed by atoms with Gasteiger partial charge in [0.25, 0.3) is 5.91 Å². The van der Waals surface area contributed by atoms with Crippen LogP contribution in [0.1, 0.15) is 182 Å². The van der Waals surface area contributed by atoms with Crippen LogP contribution in [0.3, 0.4) is 0 Å². The van der Waals surface area contributed by atoms with E-state index in [0.717, 1.165) is 194 Å². The van der Waals surface area contributed by atoms with Gasteiger partial charge < -0.3 is 71.6 Å². The number of benzene rings is 7. The average molecular weight is 1920 g/mol. The van der Waals surface area contributed by atoms with Crippen molar-refractivity contribution in [2.75, 3.05) is 78.5 Å². The van der Waals surface area contributed by atoms with Gasteiger partial charge in [-0.1, -0.05) is 176 Å². The zero-order valence-electron chi connectivity index (χ0n) is 79.1. The highest BCUT2D eigenvalue weighted by molar-refractivity contribution is 7.10. The maximum absolute atomic E-state index is 13.0. The second-order valence-corrected chi connectivity index (χ2v) is 39.6. The van der Waals surface area contributed by atoms with Crippen molar-refractivity contribution < 1.29 is 66.0 Å². The summed E-state index contributed by atoms with van der Waals surface area (Å²) >= 11 is 3.28. The number of H-pyrrole nitrogens is 1. The van der Waals surface area contributed by atoms with E-state index in [0.29, 0.717) is 45.4 Å². The van der Waals surface area contributed by atoms with Gasteiger partial charge in [-0.3, -0.25) is 33.8 Å². The number of carbonyl (C=O) groups excluding carboxylic acids is 6. The Morgan fingerprint density at radius 1 is 0.326 bits per heavy atom. The van der Waals surface area contributed by atoms with E-state index in [4.69, 9.17) is 37.3 Å². The lowest BCUT2D eigenvalue weighted by Crippen LogP contribution is -2.45. The number of carbonyl (C=O) groups is 6. The highest BCUT2D eigenvalue weighted by Gasteiger charge is 2.50. The number of furan rings is 2. The molecule has 24 heteroatoms. The molecule has 6 saturated heterocycles. The van der Waals surface area contributed by atoms with Crippen molar-refractivity contribution in [3.8, 4) is 0 Å². The van der Waals surface area contributed by atoms with E-state index in [-0.39, 0.29) is 69.0 Å². The topological polar surface area (TPSA) is 232 Å². The molecular weight excluding hydrogens is 1810 g/mol. The van der Waals surface area contributed by atoms with E-state index < -0.39 is 0 Å². The fourth-order valence-electron chi connectivity index (χ4n) is 22.0. The summed E-state index contributed by atoms with van der Waals surface area (Å²) in [6, 6.07) is 75.8. The monoisotopic (exact) mass is 1920 g/mol. The van der Waals surface area contributed by atoms with Crippen LogP contribution < -0.4 is 0 Å². The van der Waals surface area contributed by atoms with Crippen LogP contribution in [-0.2, 0) is 126 Å². The number of pyridine rings is 1. The Hall–Kier alpha value is -13.5. The summed E-state index contributed by atoms with van der Waals surface area (Å²) in [6.07, 6.45) is 36.0. The van der Waals surface area contributed by atoms with Crippen LogP contribution in [0, 0.1) is 0 Å². The molecule has 0 bridgehead atoms. The zero-order valence-corrected chi connectivity index (χ0v) is 80.8. The van der Waals surface area contributed by atoms with Gasteiger partial charge in [-0.25, -0.2) is 0 Å². The number of para-hydroxylation sites is 1. The molecule has 25 rings (SSSR count). The molecule has 12 aliphatic rings. The number of hydrogen-bond donors (Lipinski definition) is 1. The number of aromatic nitrogens is 2. The van der Waals surface area contributed by atoms with Gasteiger partial charge >= 0.3 is 0 Å². The first-order chi connectivity index (χ1) is 69.1. The lowest BCUT2D eigenvalue weighted by molar-refractivity contribution is -0.134. The minimum Gasteiger partial charge on any atom is -0.472 e. The zero-order chi connectivity index (χ0) is 96.1. The minimum atomic E-state index is -0.201. The summed E-state index contributed by atoms with van der Waals surface area (Å²) in [5.41, 5.74) is 19.0. The van der Waals surface area contributed by atoms with Gasteiger partial charge in [0.15, 0.2) is 0 Å². The fourth-order valence-corrected chi connectivity index (χ4v) is 23.3. The first-order valence-corrected chi connectivity index (χ1v) is 51.0. The van der Waals surface area contributed by atoms with Crippen molar-refractivity contribution in [1.82, 2.24) is 39.4 Å². The number of thiophene rings is 2. The second-order valence-electron chi connectivity index (χ2n) is 37.9. The lowest BCUT2D eigenvalue weighted by atomic mass is 9.83. The van der Waals surface area contributed by atoms with Gasteiger partial charge in [0.2, 0.25) is 29.5 Å². The van der Waals surface area contributed by atoms with Gasteiger partial charge in [0.1, 0.15) is 5.76 Å². The summed E-state index contributed by atoms with van der Waals surface area (Å²) in [4.78, 5) is 94.7. The van der Waals surface area contributed by atoms with Gasteiger partial charge in [0.05, 0.1) is 103 Å². The number of nitrogens with one attached hydrogen (secondary N) is 1. The number of likely N-dealkylation sites (tertiary alicyclic amines) is 6. The van der Waals surface area contributed by atoms with Gasteiger partial charge in [-0.05, 0) is 244 Å². The Morgan fingerprint density at radius 3 is 1.04 bits per heavy atom. The molecule has 720 valence electrons. The van der Waals surface area contributed by atoms with E-state index in [9.17, 15) is 28.8 Å². The second kappa shape index (κ2) is 42.9. The number of piperidine rings is 6. The number of ether oxygens (including phenoxy) is 6. The maximum atomic E-state index is 13.0. The molecule has 6 spiro atoms.